The summed E-state index contributed by atoms with van der Waals surface area (Å²) >= 11 is 13.0. The lowest BCUT2D eigenvalue weighted by Crippen LogP contribution is -2.44. The maximum atomic E-state index is 12.1. The number of hydrogen-bond donors (Lipinski definition) is 2. The highest BCUT2D eigenvalue weighted by Gasteiger charge is 2.26. The number of carbonyl (C=O) groups excluding carboxylic acids is 1. The first-order valence-corrected chi connectivity index (χ1v) is 7.65. The minimum Gasteiger partial charge on any atom is -0.349 e. The lowest BCUT2D eigenvalue weighted by molar-refractivity contribution is 0.0908. The Labute approximate surface area is 121 Å². The summed E-state index contributed by atoms with van der Waals surface area (Å²) in [7, 11) is 0. The molecule has 1 heterocycles. The Hall–Kier alpha value is -0.290. The van der Waals surface area contributed by atoms with Crippen molar-refractivity contribution in [1.82, 2.24) is 5.32 Å². The fourth-order valence-electron chi connectivity index (χ4n) is 2.42. The second-order valence-corrected chi connectivity index (χ2v) is 6.88. The van der Waals surface area contributed by atoms with Gasteiger partial charge in [-0.3, -0.25) is 4.79 Å². The molecule has 0 bridgehead atoms. The van der Waals surface area contributed by atoms with E-state index in [1.807, 2.05) is 0 Å². The summed E-state index contributed by atoms with van der Waals surface area (Å²) < 4.78 is 0.974. The maximum absolute atomic E-state index is 12.1. The predicted octanol–water partition coefficient (Wildman–Crippen LogP) is 3.30. The fourth-order valence-corrected chi connectivity index (χ4v) is 3.88. The van der Waals surface area contributed by atoms with Crippen molar-refractivity contribution in [3.05, 3.63) is 20.3 Å². The molecular formula is C12H16Cl2N2OS. The van der Waals surface area contributed by atoms with Gasteiger partial charge in [0.25, 0.3) is 5.91 Å². The average molecular weight is 307 g/mol. The standard InChI is InChI=1S/C12H16Cl2N2OS/c13-10-5-8(11(14)18-10)12(17)16-9-4-2-1-3-7(9)6-15/h5,7,9H,1-4,6,15H2,(H,16,17). The van der Waals surface area contributed by atoms with Gasteiger partial charge in [-0.1, -0.05) is 36.0 Å². The maximum Gasteiger partial charge on any atom is 0.253 e. The van der Waals surface area contributed by atoms with Gasteiger partial charge in [0.1, 0.15) is 4.34 Å². The molecule has 0 aromatic carbocycles. The first kappa shape index (κ1) is 14.1. The van der Waals surface area contributed by atoms with Crippen molar-refractivity contribution in [1.29, 1.82) is 0 Å². The van der Waals surface area contributed by atoms with E-state index in [1.165, 1.54) is 17.8 Å². The van der Waals surface area contributed by atoms with Crippen LogP contribution in [0, 0.1) is 5.92 Å². The number of rotatable bonds is 3. The van der Waals surface area contributed by atoms with Crippen molar-refractivity contribution in [2.45, 2.75) is 31.7 Å². The highest BCUT2D eigenvalue weighted by Crippen LogP contribution is 2.31. The summed E-state index contributed by atoms with van der Waals surface area (Å²) in [5, 5.41) is 3.03. The molecule has 1 amide bonds. The molecule has 6 heteroatoms. The van der Waals surface area contributed by atoms with Crippen molar-refractivity contribution in [2.75, 3.05) is 6.54 Å². The van der Waals surface area contributed by atoms with Crippen LogP contribution >= 0.6 is 34.5 Å². The summed E-state index contributed by atoms with van der Waals surface area (Å²) in [5.74, 6) is 0.226. The second kappa shape index (κ2) is 6.24. The van der Waals surface area contributed by atoms with Gasteiger partial charge in [-0.2, -0.15) is 0 Å². The molecule has 3 N–H and O–H groups in total. The van der Waals surface area contributed by atoms with Crippen LogP contribution in [-0.4, -0.2) is 18.5 Å². The van der Waals surface area contributed by atoms with E-state index < -0.39 is 0 Å². The van der Waals surface area contributed by atoms with E-state index in [-0.39, 0.29) is 11.9 Å². The fraction of sp³-hybridized carbons (Fsp3) is 0.583. The second-order valence-electron chi connectivity index (χ2n) is 4.60. The normalized spacial score (nSPS) is 23.9. The number of nitrogens with one attached hydrogen (secondary N) is 1. The molecule has 1 aromatic rings. The molecule has 100 valence electrons. The van der Waals surface area contributed by atoms with Gasteiger partial charge in [-0.25, -0.2) is 0 Å². The van der Waals surface area contributed by atoms with Crippen LogP contribution in [0.5, 0.6) is 0 Å². The minimum absolute atomic E-state index is 0.145. The Morgan fingerprint density at radius 2 is 2.17 bits per heavy atom. The first-order valence-electron chi connectivity index (χ1n) is 6.07. The molecule has 0 aliphatic heterocycles. The van der Waals surface area contributed by atoms with Crippen molar-refractivity contribution in [3.8, 4) is 0 Å². The topological polar surface area (TPSA) is 55.1 Å². The summed E-state index contributed by atoms with van der Waals surface area (Å²) in [6.45, 7) is 0.614. The van der Waals surface area contributed by atoms with E-state index >= 15 is 0 Å². The zero-order valence-electron chi connectivity index (χ0n) is 9.92. The molecule has 0 spiro atoms. The largest absolute Gasteiger partial charge is 0.349 e. The molecule has 1 aliphatic carbocycles. The summed E-state index contributed by atoms with van der Waals surface area (Å²) in [5.41, 5.74) is 6.21. The van der Waals surface area contributed by atoms with Crippen molar-refractivity contribution < 1.29 is 4.79 Å². The monoisotopic (exact) mass is 306 g/mol. The number of thiophene rings is 1. The molecule has 2 unspecified atom stereocenters. The van der Waals surface area contributed by atoms with Crippen LogP contribution in [0.15, 0.2) is 6.07 Å². The van der Waals surface area contributed by atoms with E-state index in [0.29, 0.717) is 26.7 Å². The average Bonchev–Trinajstić information content (AvgIpc) is 2.69. The number of nitrogens with two attached hydrogens (primary N) is 1. The molecule has 1 fully saturated rings. The van der Waals surface area contributed by atoms with E-state index in [4.69, 9.17) is 28.9 Å². The number of amides is 1. The van der Waals surface area contributed by atoms with E-state index in [9.17, 15) is 4.79 Å². The third-order valence-corrected chi connectivity index (χ3v) is 4.92. The summed E-state index contributed by atoms with van der Waals surface area (Å²) in [4.78, 5) is 12.1. The lowest BCUT2D eigenvalue weighted by atomic mass is 9.84. The molecule has 2 atom stereocenters. The minimum atomic E-state index is -0.145. The molecule has 1 aromatic heterocycles. The Kier molecular flexibility index (Phi) is 4.90. The van der Waals surface area contributed by atoms with Gasteiger partial charge >= 0.3 is 0 Å². The molecule has 0 saturated heterocycles. The number of hydrogen-bond acceptors (Lipinski definition) is 3. The van der Waals surface area contributed by atoms with Crippen molar-refractivity contribution in [3.63, 3.8) is 0 Å². The third-order valence-electron chi connectivity index (χ3n) is 3.43. The zero-order valence-corrected chi connectivity index (χ0v) is 12.2. The Bertz CT molecular complexity index is 436. The Morgan fingerprint density at radius 3 is 2.78 bits per heavy atom. The van der Waals surface area contributed by atoms with Crippen LogP contribution in [0.1, 0.15) is 36.0 Å². The van der Waals surface area contributed by atoms with Gasteiger partial charge in [-0.15, -0.1) is 11.3 Å². The highest BCUT2D eigenvalue weighted by molar-refractivity contribution is 7.20. The van der Waals surface area contributed by atoms with Crippen molar-refractivity contribution in [2.24, 2.45) is 11.7 Å². The molecule has 3 nitrogen and oxygen atoms in total. The Morgan fingerprint density at radius 1 is 1.44 bits per heavy atom. The smallest absolute Gasteiger partial charge is 0.253 e. The molecule has 18 heavy (non-hydrogen) atoms. The van der Waals surface area contributed by atoms with Gasteiger partial charge in [0.05, 0.1) is 9.90 Å². The van der Waals surface area contributed by atoms with Crippen LogP contribution < -0.4 is 11.1 Å². The zero-order chi connectivity index (χ0) is 13.1. The van der Waals surface area contributed by atoms with Crippen molar-refractivity contribution >= 4 is 40.4 Å². The van der Waals surface area contributed by atoms with E-state index in [0.717, 1.165) is 19.3 Å². The SMILES string of the molecule is NCC1CCCCC1NC(=O)c1cc(Cl)sc1Cl. The van der Waals surface area contributed by atoms with Gasteiger partial charge in [0.15, 0.2) is 0 Å². The number of carbonyl (C=O) groups is 1. The predicted molar refractivity (Wildman–Crippen MR) is 76.6 cm³/mol. The van der Waals surface area contributed by atoms with Crippen LogP contribution in [0.25, 0.3) is 0 Å². The Balaban J connectivity index is 2.04. The summed E-state index contributed by atoms with van der Waals surface area (Å²) in [6, 6.07) is 1.77. The third kappa shape index (κ3) is 3.18. The number of halogens is 2. The quantitative estimate of drug-likeness (QED) is 0.900. The molecule has 1 saturated carbocycles. The molecule has 1 aliphatic rings. The highest BCUT2D eigenvalue weighted by atomic mass is 35.5. The van der Waals surface area contributed by atoms with Crippen LogP contribution in [-0.2, 0) is 0 Å². The van der Waals surface area contributed by atoms with Gasteiger partial charge in [-0.05, 0) is 31.4 Å². The molecular weight excluding hydrogens is 291 g/mol. The molecule has 0 radical (unpaired) electrons. The van der Waals surface area contributed by atoms with Crippen LogP contribution in [0.3, 0.4) is 0 Å². The lowest BCUT2D eigenvalue weighted by Gasteiger charge is -2.31. The van der Waals surface area contributed by atoms with Gasteiger partial charge in [0.2, 0.25) is 0 Å². The van der Waals surface area contributed by atoms with Crippen LogP contribution in [0.4, 0.5) is 0 Å². The van der Waals surface area contributed by atoms with Gasteiger partial charge < -0.3 is 11.1 Å². The van der Waals surface area contributed by atoms with Crippen LogP contribution in [0.2, 0.25) is 8.67 Å². The van der Waals surface area contributed by atoms with E-state index in [1.54, 1.807) is 6.07 Å². The first-order chi connectivity index (χ1) is 8.61. The van der Waals surface area contributed by atoms with Gasteiger partial charge in [0, 0.05) is 6.04 Å². The summed E-state index contributed by atoms with van der Waals surface area (Å²) in [6.07, 6.45) is 4.40. The van der Waals surface area contributed by atoms with E-state index in [2.05, 4.69) is 5.32 Å². The molecule has 2 rings (SSSR count).